The molecule has 2 aliphatic heterocycles. The quantitative estimate of drug-likeness (QED) is 0.153. The van der Waals surface area contributed by atoms with Gasteiger partial charge in [-0.2, -0.15) is 0 Å². The van der Waals surface area contributed by atoms with Crippen molar-refractivity contribution in [3.05, 3.63) is 41.7 Å². The van der Waals surface area contributed by atoms with E-state index in [1.54, 1.807) is 15.2 Å². The van der Waals surface area contributed by atoms with Crippen molar-refractivity contribution in [3.63, 3.8) is 0 Å². The van der Waals surface area contributed by atoms with Crippen LogP contribution in [0.25, 0.3) is 28.1 Å². The molecule has 8 rings (SSSR count). The van der Waals surface area contributed by atoms with Crippen molar-refractivity contribution in [3.8, 4) is 0 Å². The zero-order valence-corrected chi connectivity index (χ0v) is 26.9. The molecule has 3 fully saturated rings. The second kappa shape index (κ2) is 11.1. The number of ether oxygens (including phenoxy) is 1. The van der Waals surface area contributed by atoms with Gasteiger partial charge in [-0.25, -0.2) is 38.4 Å². The molecule has 18 nitrogen and oxygen atoms in total. The van der Waals surface area contributed by atoms with Gasteiger partial charge in [0.25, 0.3) is 5.56 Å². The number of halogens is 1. The topological polar surface area (TPSA) is 218 Å². The van der Waals surface area contributed by atoms with Crippen molar-refractivity contribution in [2.45, 2.75) is 49.6 Å². The lowest BCUT2D eigenvalue weighted by Gasteiger charge is -2.45. The predicted molar refractivity (Wildman–Crippen MR) is 164 cm³/mol. The molecule has 2 bridgehead atoms. The second-order valence-electron chi connectivity index (χ2n) is 11.0. The first-order valence-corrected chi connectivity index (χ1v) is 19.3. The van der Waals surface area contributed by atoms with E-state index in [0.29, 0.717) is 17.8 Å². The highest BCUT2D eigenvalue weighted by Crippen LogP contribution is 2.62. The fourth-order valence-electron chi connectivity index (χ4n) is 6.17. The maximum absolute atomic E-state index is 15.9. The number of rotatable bonds is 2. The summed E-state index contributed by atoms with van der Waals surface area (Å²) in [7, 11) is 0. The number of nitrogens with one attached hydrogen (secondary N) is 1. The molecular weight excluding hydrogens is 689 g/mol. The third-order valence-corrected chi connectivity index (χ3v) is 11.6. The molecule has 2 saturated heterocycles. The molecule has 3 aliphatic rings. The van der Waals surface area contributed by atoms with Gasteiger partial charge >= 0.3 is 13.6 Å². The van der Waals surface area contributed by atoms with E-state index in [-0.39, 0.29) is 42.1 Å². The molecule has 3 N–H and O–H groups in total. The van der Waals surface area contributed by atoms with Crippen LogP contribution >= 0.6 is 38.1 Å². The Labute approximate surface area is 267 Å². The smallest absolute Gasteiger partial charge is 0.382 e. The number of hydrogen-bond donors (Lipinski definition) is 4. The standard InChI is InChI=1S/C23H25FN10O8P2S2/c24-13-12-1-4-38-43(36,45)41-16-10(5-11(16)33-8-30-15-20(35)31-23-26-2-3-32(23)21(15)33)6-39-44(37,46)42-17(13)22(40-12)34-9-29-14-18(25)27-7-28-19(14)34/h2-3,7-13,16-17,22H,1,4-6H2,(H,36,45)(H,37,46)(H2,25,27,28)(H,26,31,35)/t10-,11-,12-,13-,16-,17-,22-,43?,44?/m1/s1. The fourth-order valence-corrected chi connectivity index (χ4v) is 9.26. The summed E-state index contributed by atoms with van der Waals surface area (Å²) in [5.74, 6) is -0.103. The van der Waals surface area contributed by atoms with Gasteiger partial charge in [-0.15, -0.1) is 0 Å². The summed E-state index contributed by atoms with van der Waals surface area (Å²) in [4.78, 5) is 36.0. The first kappa shape index (κ1) is 30.5. The average molecular weight is 715 g/mol. The summed E-state index contributed by atoms with van der Waals surface area (Å²) in [5, 5.41) is 0. The molecule has 23 heteroatoms. The Morgan fingerprint density at radius 1 is 1.00 bits per heavy atom. The van der Waals surface area contributed by atoms with Crippen LogP contribution in [0.5, 0.6) is 0 Å². The van der Waals surface area contributed by atoms with Crippen LogP contribution in [0.3, 0.4) is 0 Å². The van der Waals surface area contributed by atoms with Gasteiger partial charge in [0.05, 0.1) is 44.1 Å². The summed E-state index contributed by atoms with van der Waals surface area (Å²) in [6.07, 6.45) is 0.947. The highest BCUT2D eigenvalue weighted by atomic mass is 32.7. The molecule has 0 spiro atoms. The van der Waals surface area contributed by atoms with Crippen molar-refractivity contribution >= 4 is 72.0 Å². The summed E-state index contributed by atoms with van der Waals surface area (Å²) in [5.41, 5.74) is 6.57. The number of imidazole rings is 3. The number of hydrogen-bond acceptors (Lipinski definition) is 14. The molecule has 0 aromatic carbocycles. The second-order valence-corrected chi connectivity index (χ2v) is 16.8. The van der Waals surface area contributed by atoms with Crippen LogP contribution in [-0.4, -0.2) is 81.1 Å². The highest BCUT2D eigenvalue weighted by molar-refractivity contribution is 8.44. The van der Waals surface area contributed by atoms with Gasteiger partial charge in [-0.3, -0.25) is 27.8 Å². The molecule has 1 aliphatic carbocycles. The maximum Gasteiger partial charge on any atom is 0.386 e. The van der Waals surface area contributed by atoms with Crippen LogP contribution in [0.4, 0.5) is 10.2 Å². The van der Waals surface area contributed by atoms with Crippen LogP contribution < -0.4 is 11.3 Å². The van der Waals surface area contributed by atoms with Crippen molar-refractivity contribution in [2.75, 3.05) is 18.9 Å². The van der Waals surface area contributed by atoms with Gasteiger partial charge < -0.3 is 24.1 Å². The van der Waals surface area contributed by atoms with E-state index in [0.717, 1.165) is 0 Å². The van der Waals surface area contributed by atoms with Gasteiger partial charge in [-0.05, 0) is 6.42 Å². The third-order valence-electron chi connectivity index (χ3n) is 8.37. The molecule has 7 heterocycles. The number of thiol groups is 2. The minimum atomic E-state index is -4.24. The Kier molecular flexibility index (Phi) is 7.35. The zero-order chi connectivity index (χ0) is 32.0. The van der Waals surface area contributed by atoms with Gasteiger partial charge in [-0.1, -0.05) is 24.5 Å². The van der Waals surface area contributed by atoms with E-state index < -0.39 is 61.8 Å². The van der Waals surface area contributed by atoms with E-state index in [9.17, 15) is 13.9 Å². The summed E-state index contributed by atoms with van der Waals surface area (Å²) < 4.78 is 76.6. The molecule has 5 aromatic rings. The number of aromatic nitrogens is 9. The Hall–Kier alpha value is -2.87. The van der Waals surface area contributed by atoms with Crippen molar-refractivity contribution in [1.82, 2.24) is 43.4 Å². The maximum atomic E-state index is 15.9. The third kappa shape index (κ3) is 5.09. The van der Waals surface area contributed by atoms with Crippen molar-refractivity contribution in [1.29, 1.82) is 0 Å². The van der Waals surface area contributed by atoms with Crippen LogP contribution in [0, 0.1) is 5.92 Å². The molecule has 46 heavy (non-hydrogen) atoms. The number of nitrogens with two attached hydrogens (primary N) is 1. The van der Waals surface area contributed by atoms with Crippen molar-refractivity contribution in [2.24, 2.45) is 5.92 Å². The summed E-state index contributed by atoms with van der Waals surface area (Å²) >= 11 is 8.34. The van der Waals surface area contributed by atoms with Crippen LogP contribution in [0.15, 0.2) is 36.2 Å². The molecule has 9 atom stereocenters. The first-order chi connectivity index (χ1) is 22.0. The fraction of sp³-hybridized carbons (Fsp3) is 0.478. The molecule has 2 unspecified atom stereocenters. The van der Waals surface area contributed by atoms with E-state index in [1.807, 2.05) is 0 Å². The van der Waals surface area contributed by atoms with Gasteiger partial charge in [0.15, 0.2) is 35.0 Å². The van der Waals surface area contributed by atoms with Gasteiger partial charge in [0, 0.05) is 24.7 Å². The van der Waals surface area contributed by atoms with Gasteiger partial charge in [0.1, 0.15) is 17.9 Å². The van der Waals surface area contributed by atoms with Gasteiger partial charge in [0.2, 0.25) is 5.78 Å². The number of nitrogen functional groups attached to an aromatic ring is 1. The number of alkyl halides is 1. The Morgan fingerprint density at radius 2 is 1.76 bits per heavy atom. The molecule has 5 aromatic heterocycles. The predicted octanol–water partition coefficient (Wildman–Crippen LogP) is 2.87. The minimum absolute atomic E-state index is 0.0992. The largest absolute Gasteiger partial charge is 0.386 e. The lowest BCUT2D eigenvalue weighted by atomic mass is 9.77. The highest BCUT2D eigenvalue weighted by Gasteiger charge is 2.52. The first-order valence-electron chi connectivity index (χ1n) is 14.0. The summed E-state index contributed by atoms with van der Waals surface area (Å²) in [6.45, 7) is -8.79. The SMILES string of the molecule is Nc1ncnc2c1ncn2[C@@H]1O[C@@H]2CCOP(=O)(S)O[C@@H]3[C@@H](COP(=O)(S)O[C@@H]1[C@@H]2F)C[C@H]3n1cnc2c(=O)[nH]c3nccn3c21. The molecular formula is C23H25FN10O8P2S2. The molecule has 0 amide bonds. The number of anilines is 1. The number of nitrogens with zero attached hydrogens (tertiary/aromatic N) is 8. The number of H-pyrrole nitrogens is 1. The zero-order valence-electron chi connectivity index (χ0n) is 23.3. The van der Waals surface area contributed by atoms with E-state index in [2.05, 4.69) is 54.4 Å². The van der Waals surface area contributed by atoms with E-state index >= 15 is 4.39 Å². The van der Waals surface area contributed by atoms with Crippen LogP contribution in [-0.2, 0) is 32.0 Å². The normalized spacial score (nSPS) is 35.7. The van der Waals surface area contributed by atoms with Crippen LogP contribution in [0.1, 0.15) is 25.1 Å². The number of fused-ring (bicyclic) bond motifs is 7. The summed E-state index contributed by atoms with van der Waals surface area (Å²) in [6, 6.07) is -0.508. The van der Waals surface area contributed by atoms with E-state index in [4.69, 9.17) is 28.6 Å². The molecule has 0 radical (unpaired) electrons. The molecule has 1 saturated carbocycles. The van der Waals surface area contributed by atoms with Crippen LogP contribution in [0.2, 0.25) is 0 Å². The van der Waals surface area contributed by atoms with Crippen molar-refractivity contribution < 1.29 is 36.4 Å². The average Bonchev–Trinajstić information content (AvgIpc) is 3.78. The number of aromatic amines is 1. The minimum Gasteiger partial charge on any atom is -0.382 e. The lowest BCUT2D eigenvalue weighted by Crippen LogP contribution is -2.46. The molecule has 244 valence electrons. The Morgan fingerprint density at radius 3 is 2.61 bits per heavy atom. The Balaban J connectivity index is 1.10. The van der Waals surface area contributed by atoms with E-state index in [1.165, 1.54) is 29.7 Å². The lowest BCUT2D eigenvalue weighted by molar-refractivity contribution is -0.0424. The monoisotopic (exact) mass is 714 g/mol. The Bertz CT molecular complexity index is 2140.